The van der Waals surface area contributed by atoms with Crippen molar-refractivity contribution in [2.75, 3.05) is 0 Å². The number of H-pyrrole nitrogens is 1. The first kappa shape index (κ1) is 5.34. The van der Waals surface area contributed by atoms with E-state index in [4.69, 9.17) is 0 Å². The minimum Gasteiger partial charge on any atom is -0.359 e. The monoisotopic (exact) mass is 232 g/mol. The number of aromatic amines is 1. The summed E-state index contributed by atoms with van der Waals surface area (Å²) in [6.45, 7) is 0. The first-order valence-electron chi connectivity index (χ1n) is 2.62. The predicted molar refractivity (Wildman–Crippen MR) is 46.1 cm³/mol. The van der Waals surface area contributed by atoms with Crippen LogP contribution in [0.3, 0.4) is 0 Å². The van der Waals surface area contributed by atoms with Crippen LogP contribution in [-0.4, -0.2) is 9.12 Å². The minimum absolute atomic E-state index is 0.104. The van der Waals surface area contributed by atoms with Gasteiger partial charge in [0.2, 0.25) is 0 Å². The molecule has 1 aromatic heterocycles. The Hall–Kier alpha value is -0.450. The summed E-state index contributed by atoms with van der Waals surface area (Å²) in [7, 11) is 0. The van der Waals surface area contributed by atoms with Gasteiger partial charge >= 0.3 is 0 Å². The highest BCUT2D eigenvalue weighted by atomic mass is 127. The molecular formula is C6H5IN2. The lowest BCUT2D eigenvalue weighted by molar-refractivity contribution is 1.29. The fourth-order valence-corrected chi connectivity index (χ4v) is 2.23. The standard InChI is InChI=1S/C6H5IN2/c1-2-8-6-3-7-4-9-5(1)6/h1-4,8H. The molecule has 0 amide bonds. The lowest BCUT2D eigenvalue weighted by atomic mass is 10.5. The third-order valence-corrected chi connectivity index (χ3v) is 2.75. The van der Waals surface area contributed by atoms with E-state index in [0.717, 1.165) is 5.36 Å². The molecule has 0 unspecified atom stereocenters. The summed E-state index contributed by atoms with van der Waals surface area (Å²) in [4.78, 5) is 7.33. The van der Waals surface area contributed by atoms with Gasteiger partial charge in [-0.15, -0.1) is 0 Å². The van der Waals surface area contributed by atoms with E-state index in [1.54, 1.807) is 0 Å². The van der Waals surface area contributed by atoms with Gasteiger partial charge in [-0.05, 0) is 10.1 Å². The molecule has 1 N–H and O–H groups in total. The molecule has 0 aromatic carbocycles. The van der Waals surface area contributed by atoms with E-state index in [0.29, 0.717) is 0 Å². The van der Waals surface area contributed by atoms with E-state index < -0.39 is 0 Å². The molecule has 0 fully saturated rings. The van der Waals surface area contributed by atoms with Gasteiger partial charge in [-0.3, -0.25) is 0 Å². The smallest absolute Gasteiger partial charge is 0.0888 e. The minimum atomic E-state index is 0.104. The molecule has 1 aliphatic rings. The highest BCUT2D eigenvalue weighted by Crippen LogP contribution is 1.95. The van der Waals surface area contributed by atoms with E-state index in [1.165, 1.54) is 5.35 Å². The van der Waals surface area contributed by atoms with Crippen LogP contribution < -0.4 is 10.7 Å². The number of aromatic nitrogens is 1. The van der Waals surface area contributed by atoms with E-state index in [9.17, 15) is 0 Å². The third kappa shape index (κ3) is 0.849. The topological polar surface area (TPSA) is 28.1 Å². The molecule has 0 aliphatic carbocycles. The Morgan fingerprint density at radius 3 is 3.44 bits per heavy atom. The Balaban J connectivity index is 2.99. The van der Waals surface area contributed by atoms with Gasteiger partial charge in [0.15, 0.2) is 0 Å². The van der Waals surface area contributed by atoms with Crippen LogP contribution >= 0.6 is 20.7 Å². The molecule has 2 nitrogen and oxygen atoms in total. The van der Waals surface area contributed by atoms with Crippen molar-refractivity contribution < 1.29 is 0 Å². The lowest BCUT2D eigenvalue weighted by Crippen LogP contribution is -2.22. The summed E-state index contributed by atoms with van der Waals surface area (Å²) < 4.78 is 4.26. The first-order valence-corrected chi connectivity index (χ1v) is 5.11. The summed E-state index contributed by atoms with van der Waals surface area (Å²) in [6, 6.07) is 1.99. The van der Waals surface area contributed by atoms with Crippen LogP contribution in [0, 0.1) is 0 Å². The van der Waals surface area contributed by atoms with Crippen LogP contribution in [0.2, 0.25) is 0 Å². The average Bonchev–Trinajstić information content (AvgIpc) is 2.33. The lowest BCUT2D eigenvalue weighted by Gasteiger charge is -1.81. The molecule has 46 valence electrons. The van der Waals surface area contributed by atoms with Gasteiger partial charge in [-0.2, -0.15) is 0 Å². The molecule has 0 saturated carbocycles. The maximum atomic E-state index is 4.21. The SMILES string of the molecule is C1=IC=c2[nH]ccc2=N1. The van der Waals surface area contributed by atoms with Crippen molar-refractivity contribution in [3.05, 3.63) is 23.0 Å². The predicted octanol–water partition coefficient (Wildman–Crippen LogP) is 0.116. The number of halogens is 1. The van der Waals surface area contributed by atoms with Gasteiger partial charge < -0.3 is 4.98 Å². The van der Waals surface area contributed by atoms with Crippen LogP contribution in [0.25, 0.3) is 4.08 Å². The van der Waals surface area contributed by atoms with Gasteiger partial charge in [0, 0.05) is 6.20 Å². The van der Waals surface area contributed by atoms with Crippen molar-refractivity contribution in [3.63, 3.8) is 0 Å². The van der Waals surface area contributed by atoms with Gasteiger partial charge in [-0.1, -0.05) is 20.7 Å². The van der Waals surface area contributed by atoms with Crippen molar-refractivity contribution in [2.45, 2.75) is 0 Å². The van der Waals surface area contributed by atoms with E-state index >= 15 is 0 Å². The molecule has 3 heteroatoms. The van der Waals surface area contributed by atoms with Crippen LogP contribution in [0.15, 0.2) is 17.3 Å². The Labute approximate surface area is 62.1 Å². The molecule has 0 spiro atoms. The maximum absolute atomic E-state index is 4.21. The van der Waals surface area contributed by atoms with Crippen molar-refractivity contribution in [1.82, 2.24) is 4.98 Å². The summed E-state index contributed by atoms with van der Waals surface area (Å²) >= 11 is 0.104. The zero-order valence-electron chi connectivity index (χ0n) is 4.63. The molecule has 0 atom stereocenters. The zero-order chi connectivity index (χ0) is 6.10. The second-order valence-electron chi connectivity index (χ2n) is 1.74. The highest BCUT2D eigenvalue weighted by molar-refractivity contribution is 14.2. The molecule has 1 aliphatic heterocycles. The fourth-order valence-electron chi connectivity index (χ4n) is 0.746. The number of hydrogen-bond acceptors (Lipinski definition) is 1. The third-order valence-electron chi connectivity index (χ3n) is 1.17. The van der Waals surface area contributed by atoms with Crippen molar-refractivity contribution >= 4 is 28.9 Å². The molecule has 1 aromatic rings. The fraction of sp³-hybridized carbons (Fsp3) is 0. The molecule has 0 radical (unpaired) electrons. The zero-order valence-corrected chi connectivity index (χ0v) is 6.79. The number of nitrogens with one attached hydrogen (secondary N) is 1. The Morgan fingerprint density at radius 1 is 1.56 bits per heavy atom. The molecule has 2 heterocycles. The summed E-state index contributed by atoms with van der Waals surface area (Å²) in [5.41, 5.74) is 0. The number of hydrogen-bond donors (Lipinski definition) is 1. The number of nitrogens with zero attached hydrogens (tertiary/aromatic N) is 1. The van der Waals surface area contributed by atoms with E-state index in [1.807, 2.05) is 16.4 Å². The Kier molecular flexibility index (Phi) is 1.22. The highest BCUT2D eigenvalue weighted by Gasteiger charge is 1.86. The van der Waals surface area contributed by atoms with E-state index in [-0.39, 0.29) is 20.7 Å². The normalized spacial score (nSPS) is 14.7. The number of fused-ring (bicyclic) bond motifs is 1. The van der Waals surface area contributed by atoms with Crippen molar-refractivity contribution in [3.8, 4) is 0 Å². The summed E-state index contributed by atoms with van der Waals surface area (Å²) in [5.74, 6) is 0. The van der Waals surface area contributed by atoms with Crippen LogP contribution in [0.5, 0.6) is 0 Å². The molecule has 2 rings (SSSR count). The summed E-state index contributed by atoms with van der Waals surface area (Å²) in [6.07, 6.45) is 1.92. The van der Waals surface area contributed by atoms with Gasteiger partial charge in [-0.25, -0.2) is 4.99 Å². The molecule has 9 heavy (non-hydrogen) atoms. The molecule has 0 bridgehead atoms. The van der Waals surface area contributed by atoms with Gasteiger partial charge in [0.05, 0.1) is 14.8 Å². The quantitative estimate of drug-likeness (QED) is 0.615. The van der Waals surface area contributed by atoms with Crippen LogP contribution in [0.1, 0.15) is 0 Å². The van der Waals surface area contributed by atoms with Crippen LogP contribution in [0.4, 0.5) is 0 Å². The first-order chi connectivity index (χ1) is 4.47. The van der Waals surface area contributed by atoms with Gasteiger partial charge in [0.25, 0.3) is 0 Å². The van der Waals surface area contributed by atoms with Crippen LogP contribution in [-0.2, 0) is 0 Å². The second-order valence-corrected chi connectivity index (χ2v) is 3.64. The second kappa shape index (κ2) is 2.06. The van der Waals surface area contributed by atoms with E-state index in [2.05, 4.69) is 14.1 Å². The maximum Gasteiger partial charge on any atom is 0.0888 e. The number of rotatable bonds is 0. The Bertz CT molecular complexity index is 315. The Morgan fingerprint density at radius 2 is 2.56 bits per heavy atom. The molecular weight excluding hydrogens is 227 g/mol. The van der Waals surface area contributed by atoms with Gasteiger partial charge in [0.1, 0.15) is 0 Å². The summed E-state index contributed by atoms with van der Waals surface area (Å²) in [5, 5.41) is 2.28. The largest absolute Gasteiger partial charge is 0.359 e. The van der Waals surface area contributed by atoms with Crippen molar-refractivity contribution in [2.24, 2.45) is 4.99 Å². The average molecular weight is 232 g/mol. The molecule has 0 saturated heterocycles. The van der Waals surface area contributed by atoms with Crippen molar-refractivity contribution in [1.29, 1.82) is 0 Å².